The van der Waals surface area contributed by atoms with Crippen LogP contribution in [0.4, 0.5) is 31.8 Å². The predicted octanol–water partition coefficient (Wildman–Crippen LogP) is 4.88. The van der Waals surface area contributed by atoms with Gasteiger partial charge in [-0.3, -0.25) is 4.72 Å². The average molecular weight is 568 g/mol. The zero-order chi connectivity index (χ0) is 28.1. The quantitative estimate of drug-likeness (QED) is 0.313. The number of piperazine rings is 1. The molecule has 1 saturated carbocycles. The summed E-state index contributed by atoms with van der Waals surface area (Å²) in [7, 11) is -1.67. The zero-order valence-electron chi connectivity index (χ0n) is 22.4. The van der Waals surface area contributed by atoms with E-state index in [4.69, 9.17) is 0 Å². The lowest BCUT2D eigenvalue weighted by atomic mass is 10.2. The van der Waals surface area contributed by atoms with E-state index in [0.717, 1.165) is 31.6 Å². The van der Waals surface area contributed by atoms with Gasteiger partial charge in [0.2, 0.25) is 16.0 Å². The highest BCUT2D eigenvalue weighted by Gasteiger charge is 2.53. The molecule has 210 valence electrons. The molecule has 2 N–H and O–H groups in total. The van der Waals surface area contributed by atoms with Gasteiger partial charge in [-0.15, -0.1) is 0 Å². The maximum atomic E-state index is 15.0. The molecule has 0 amide bonds. The SMILES string of the molecule is CCC1(S(=O)(=O)Nc2cc(-n3ccc4cnc(Nc5ccc(N6CCN(C)CC6)c(F)c5)nc43)ccc2F)CC1. The van der Waals surface area contributed by atoms with Crippen LogP contribution in [0.1, 0.15) is 26.2 Å². The van der Waals surface area contributed by atoms with Crippen molar-refractivity contribution in [3.05, 3.63) is 66.5 Å². The highest BCUT2D eigenvalue weighted by atomic mass is 32.2. The molecular weight excluding hydrogens is 536 g/mol. The molecule has 0 unspecified atom stereocenters. The van der Waals surface area contributed by atoms with E-state index < -0.39 is 20.6 Å². The normalized spacial score (nSPS) is 17.2. The van der Waals surface area contributed by atoms with E-state index in [0.29, 0.717) is 42.0 Å². The van der Waals surface area contributed by atoms with Crippen molar-refractivity contribution in [1.29, 1.82) is 0 Å². The summed E-state index contributed by atoms with van der Waals surface area (Å²) in [5.74, 6) is -0.716. The highest BCUT2D eigenvalue weighted by molar-refractivity contribution is 7.94. The summed E-state index contributed by atoms with van der Waals surface area (Å²) >= 11 is 0. The van der Waals surface area contributed by atoms with E-state index in [2.05, 4.69) is 32.0 Å². The molecule has 9 nitrogen and oxygen atoms in total. The summed E-state index contributed by atoms with van der Waals surface area (Å²) in [6.07, 6.45) is 5.01. The molecule has 0 radical (unpaired) electrons. The molecular formula is C28H31F2N7O2S. The molecule has 2 aliphatic rings. The van der Waals surface area contributed by atoms with Gasteiger partial charge in [0.25, 0.3) is 0 Å². The summed E-state index contributed by atoms with van der Waals surface area (Å²) in [5, 5.41) is 3.80. The Morgan fingerprint density at radius 2 is 1.77 bits per heavy atom. The first-order chi connectivity index (χ1) is 19.2. The minimum absolute atomic E-state index is 0.109. The first-order valence-electron chi connectivity index (χ1n) is 13.3. The zero-order valence-corrected chi connectivity index (χ0v) is 23.2. The first-order valence-corrected chi connectivity index (χ1v) is 14.8. The van der Waals surface area contributed by atoms with Gasteiger partial charge < -0.3 is 19.7 Å². The standard InChI is InChI=1S/C28H31F2N7O2S/c1-3-28(9-10-28)40(38,39)34-24-17-21(5-6-22(24)29)37-11-8-19-18-31-27(33-26(19)37)32-20-4-7-25(23(30)16-20)36-14-12-35(2)13-15-36/h4-8,11,16-18,34H,3,9-10,12-15H2,1-2H3,(H,31,32,33). The Morgan fingerprint density at radius 3 is 2.48 bits per heavy atom. The Bertz CT molecular complexity index is 1680. The number of hydrogen-bond donors (Lipinski definition) is 2. The minimum atomic E-state index is -3.73. The molecule has 40 heavy (non-hydrogen) atoms. The molecule has 1 saturated heterocycles. The maximum absolute atomic E-state index is 15.0. The van der Waals surface area contributed by atoms with Crippen molar-refractivity contribution >= 4 is 44.1 Å². The van der Waals surface area contributed by atoms with Crippen LogP contribution in [0, 0.1) is 11.6 Å². The number of rotatable bonds is 8. The molecule has 0 bridgehead atoms. The molecule has 1 aliphatic heterocycles. The molecule has 1 aliphatic carbocycles. The van der Waals surface area contributed by atoms with Crippen LogP contribution in [-0.2, 0) is 10.0 Å². The van der Waals surface area contributed by atoms with Crippen LogP contribution in [0.3, 0.4) is 0 Å². The highest BCUT2D eigenvalue weighted by Crippen LogP contribution is 2.47. The molecule has 2 fully saturated rings. The van der Waals surface area contributed by atoms with Crippen LogP contribution in [0.5, 0.6) is 0 Å². The number of halogens is 2. The van der Waals surface area contributed by atoms with Gasteiger partial charge in [-0.05, 0) is 68.8 Å². The van der Waals surface area contributed by atoms with Gasteiger partial charge in [0.1, 0.15) is 17.3 Å². The number of aromatic nitrogens is 3. The monoisotopic (exact) mass is 567 g/mol. The molecule has 2 aromatic carbocycles. The van der Waals surface area contributed by atoms with Crippen LogP contribution < -0.4 is 14.9 Å². The van der Waals surface area contributed by atoms with Crippen LogP contribution in [0.2, 0.25) is 0 Å². The molecule has 2 aromatic heterocycles. The molecule has 3 heterocycles. The van der Waals surface area contributed by atoms with Crippen LogP contribution in [0.25, 0.3) is 16.7 Å². The topological polar surface area (TPSA) is 95.4 Å². The Kier molecular flexibility index (Phi) is 6.62. The van der Waals surface area contributed by atoms with Gasteiger partial charge in [0, 0.05) is 55.3 Å². The third-order valence-corrected chi connectivity index (χ3v) is 10.3. The van der Waals surface area contributed by atoms with E-state index in [9.17, 15) is 17.2 Å². The molecule has 4 aromatic rings. The van der Waals surface area contributed by atoms with E-state index in [1.54, 1.807) is 35.2 Å². The average Bonchev–Trinajstić information content (AvgIpc) is 3.65. The van der Waals surface area contributed by atoms with Gasteiger partial charge >= 0.3 is 0 Å². The molecule has 0 spiro atoms. The number of likely N-dealkylation sites (N-methyl/N-ethyl adjacent to an activating group) is 1. The van der Waals surface area contributed by atoms with Crippen molar-refractivity contribution in [1.82, 2.24) is 19.4 Å². The maximum Gasteiger partial charge on any atom is 0.238 e. The number of nitrogens with one attached hydrogen (secondary N) is 2. The fraction of sp³-hybridized carbons (Fsp3) is 0.357. The summed E-state index contributed by atoms with van der Waals surface area (Å²) in [6, 6.07) is 11.0. The summed E-state index contributed by atoms with van der Waals surface area (Å²) < 4.78 is 58.8. The molecule has 12 heteroatoms. The lowest BCUT2D eigenvalue weighted by Crippen LogP contribution is -2.44. The largest absolute Gasteiger partial charge is 0.367 e. The van der Waals surface area contributed by atoms with Crippen molar-refractivity contribution in [3.8, 4) is 5.69 Å². The van der Waals surface area contributed by atoms with Crippen molar-refractivity contribution in [2.24, 2.45) is 0 Å². The van der Waals surface area contributed by atoms with Gasteiger partial charge in [0.15, 0.2) is 0 Å². The Hall–Kier alpha value is -3.77. The number of nitrogens with zero attached hydrogens (tertiary/aromatic N) is 5. The van der Waals surface area contributed by atoms with E-state index in [1.807, 2.05) is 17.9 Å². The number of benzene rings is 2. The number of anilines is 4. The van der Waals surface area contributed by atoms with Gasteiger partial charge in [0.05, 0.1) is 16.1 Å². The first kappa shape index (κ1) is 26.5. The van der Waals surface area contributed by atoms with Crippen LogP contribution >= 0.6 is 0 Å². The molecule has 0 atom stereocenters. The minimum Gasteiger partial charge on any atom is -0.367 e. The Morgan fingerprint density at radius 1 is 1.00 bits per heavy atom. The van der Waals surface area contributed by atoms with Crippen molar-refractivity contribution in [2.45, 2.75) is 30.9 Å². The van der Waals surface area contributed by atoms with Crippen molar-refractivity contribution in [2.75, 3.05) is 48.2 Å². The lowest BCUT2D eigenvalue weighted by molar-refractivity contribution is 0.311. The third-order valence-electron chi connectivity index (χ3n) is 7.97. The Balaban J connectivity index is 1.25. The number of fused-ring (bicyclic) bond motifs is 1. The van der Waals surface area contributed by atoms with Gasteiger partial charge in [-0.2, -0.15) is 4.98 Å². The summed E-state index contributed by atoms with van der Waals surface area (Å²) in [5.41, 5.74) is 2.03. The van der Waals surface area contributed by atoms with E-state index in [1.165, 1.54) is 18.2 Å². The fourth-order valence-corrected chi connectivity index (χ4v) is 6.83. The summed E-state index contributed by atoms with van der Waals surface area (Å²) in [6.45, 7) is 5.13. The smallest absolute Gasteiger partial charge is 0.238 e. The third kappa shape index (κ3) is 4.86. The van der Waals surface area contributed by atoms with Crippen LogP contribution in [0.15, 0.2) is 54.9 Å². The fourth-order valence-electron chi connectivity index (χ4n) is 5.15. The van der Waals surface area contributed by atoms with Crippen LogP contribution in [-0.4, -0.2) is 65.8 Å². The van der Waals surface area contributed by atoms with Gasteiger partial charge in [-0.25, -0.2) is 22.2 Å². The second kappa shape index (κ2) is 10.0. The second-order valence-corrected chi connectivity index (χ2v) is 12.6. The van der Waals surface area contributed by atoms with E-state index >= 15 is 0 Å². The second-order valence-electron chi connectivity index (χ2n) is 10.5. The van der Waals surface area contributed by atoms with Crippen molar-refractivity contribution in [3.63, 3.8) is 0 Å². The number of sulfonamides is 1. The summed E-state index contributed by atoms with van der Waals surface area (Å²) in [4.78, 5) is 13.2. The lowest BCUT2D eigenvalue weighted by Gasteiger charge is -2.34. The number of hydrogen-bond acceptors (Lipinski definition) is 7. The van der Waals surface area contributed by atoms with Gasteiger partial charge in [-0.1, -0.05) is 6.92 Å². The predicted molar refractivity (Wildman–Crippen MR) is 153 cm³/mol. The molecule has 6 rings (SSSR count). The Labute approximate surface area is 231 Å². The van der Waals surface area contributed by atoms with E-state index in [-0.39, 0.29) is 17.5 Å². The van der Waals surface area contributed by atoms with Crippen molar-refractivity contribution < 1.29 is 17.2 Å².